The third-order valence-electron chi connectivity index (χ3n) is 2.56. The summed E-state index contributed by atoms with van der Waals surface area (Å²) in [4.78, 5) is 0. The lowest BCUT2D eigenvalue weighted by Gasteiger charge is -2.02. The van der Waals surface area contributed by atoms with Gasteiger partial charge in [-0.2, -0.15) is 0 Å². The van der Waals surface area contributed by atoms with Crippen LogP contribution < -0.4 is 0 Å². The zero-order valence-corrected chi connectivity index (χ0v) is 9.33. The van der Waals surface area contributed by atoms with Crippen LogP contribution in [0.4, 0.5) is 0 Å². The molecular formula is C12H10S2. The third kappa shape index (κ3) is 1.39. The fourth-order valence-electron chi connectivity index (χ4n) is 1.80. The summed E-state index contributed by atoms with van der Waals surface area (Å²) in [6, 6.07) is 11.0. The Labute approximate surface area is 92.0 Å². The number of thiophene rings is 1. The molecule has 0 nitrogen and oxygen atoms in total. The van der Waals surface area contributed by atoms with E-state index in [-0.39, 0.29) is 0 Å². The van der Waals surface area contributed by atoms with Gasteiger partial charge < -0.3 is 0 Å². The molecule has 0 fully saturated rings. The van der Waals surface area contributed by atoms with Gasteiger partial charge in [0, 0.05) is 5.75 Å². The standard InChI is InChI=1S/C12H10S2/c1-2-4-11-8-14-12-10(5-6-13-12)7-9(11)3-1/h1-6H,7-8H2. The summed E-state index contributed by atoms with van der Waals surface area (Å²) in [6.07, 6.45) is 1.11. The van der Waals surface area contributed by atoms with E-state index in [1.165, 1.54) is 20.9 Å². The Balaban J connectivity index is 2.10. The van der Waals surface area contributed by atoms with Gasteiger partial charge in [-0.25, -0.2) is 0 Å². The van der Waals surface area contributed by atoms with Crippen LogP contribution in [0.3, 0.4) is 0 Å². The molecule has 0 N–H and O–H groups in total. The smallest absolute Gasteiger partial charge is 0.0637 e. The average Bonchev–Trinajstić information content (AvgIpc) is 2.58. The predicted octanol–water partition coefficient (Wildman–Crippen LogP) is 3.94. The van der Waals surface area contributed by atoms with Crippen LogP contribution in [0, 0.1) is 0 Å². The maximum absolute atomic E-state index is 2.26. The molecule has 0 amide bonds. The van der Waals surface area contributed by atoms with Crippen LogP contribution in [0.2, 0.25) is 0 Å². The highest BCUT2D eigenvalue weighted by Crippen LogP contribution is 2.36. The normalized spacial score (nSPS) is 14.3. The van der Waals surface area contributed by atoms with Gasteiger partial charge in [-0.15, -0.1) is 23.1 Å². The fraction of sp³-hybridized carbons (Fsp3) is 0.167. The first-order valence-electron chi connectivity index (χ1n) is 4.69. The minimum absolute atomic E-state index is 1.11. The average molecular weight is 218 g/mol. The largest absolute Gasteiger partial charge is 0.137 e. The summed E-state index contributed by atoms with van der Waals surface area (Å²) in [6.45, 7) is 0. The van der Waals surface area contributed by atoms with Gasteiger partial charge in [0.15, 0.2) is 0 Å². The molecule has 0 saturated heterocycles. The Morgan fingerprint density at radius 1 is 0.929 bits per heavy atom. The topological polar surface area (TPSA) is 0 Å². The Morgan fingerprint density at radius 2 is 1.79 bits per heavy atom. The van der Waals surface area contributed by atoms with Gasteiger partial charge in [-0.3, -0.25) is 0 Å². The molecule has 2 heteroatoms. The summed E-state index contributed by atoms with van der Waals surface area (Å²) in [5.41, 5.74) is 4.50. The summed E-state index contributed by atoms with van der Waals surface area (Å²) >= 11 is 3.85. The first kappa shape index (κ1) is 8.57. The number of benzene rings is 1. The van der Waals surface area contributed by atoms with E-state index in [2.05, 4.69) is 35.7 Å². The van der Waals surface area contributed by atoms with E-state index >= 15 is 0 Å². The van der Waals surface area contributed by atoms with E-state index in [9.17, 15) is 0 Å². The van der Waals surface area contributed by atoms with Crippen molar-refractivity contribution in [2.45, 2.75) is 16.4 Å². The van der Waals surface area contributed by atoms with Crippen molar-refractivity contribution in [1.82, 2.24) is 0 Å². The Bertz CT molecular complexity index is 457. The van der Waals surface area contributed by atoms with E-state index < -0.39 is 0 Å². The first-order valence-corrected chi connectivity index (χ1v) is 6.56. The van der Waals surface area contributed by atoms with E-state index in [1.54, 1.807) is 0 Å². The molecule has 70 valence electrons. The fourth-order valence-corrected chi connectivity index (χ4v) is 3.96. The Hall–Kier alpha value is -0.730. The zero-order valence-electron chi connectivity index (χ0n) is 7.69. The molecule has 0 spiro atoms. The molecule has 3 rings (SSSR count). The molecule has 2 heterocycles. The van der Waals surface area contributed by atoms with Gasteiger partial charge in [0.1, 0.15) is 0 Å². The summed E-state index contributed by atoms with van der Waals surface area (Å²) in [7, 11) is 0. The SMILES string of the molecule is c1ccc2c(c1)CSc1sccc1C2. The molecule has 0 bridgehead atoms. The van der Waals surface area contributed by atoms with Gasteiger partial charge in [-0.05, 0) is 34.6 Å². The molecule has 1 aromatic heterocycles. The molecule has 0 unspecified atom stereocenters. The molecule has 0 aliphatic carbocycles. The van der Waals surface area contributed by atoms with Crippen molar-refractivity contribution >= 4 is 23.1 Å². The number of thioether (sulfide) groups is 1. The lowest BCUT2D eigenvalue weighted by Crippen LogP contribution is -1.89. The van der Waals surface area contributed by atoms with Gasteiger partial charge >= 0.3 is 0 Å². The maximum atomic E-state index is 2.26. The highest BCUT2D eigenvalue weighted by atomic mass is 32.2. The van der Waals surface area contributed by atoms with Gasteiger partial charge in [0.2, 0.25) is 0 Å². The number of fused-ring (bicyclic) bond motifs is 2. The highest BCUT2D eigenvalue weighted by Gasteiger charge is 2.13. The van der Waals surface area contributed by atoms with Crippen molar-refractivity contribution in [3.63, 3.8) is 0 Å². The second-order valence-electron chi connectivity index (χ2n) is 3.47. The van der Waals surface area contributed by atoms with Gasteiger partial charge in [-0.1, -0.05) is 24.3 Å². The number of hydrogen-bond donors (Lipinski definition) is 0. The first-order chi connectivity index (χ1) is 6.93. The van der Waals surface area contributed by atoms with Crippen LogP contribution in [-0.2, 0) is 12.2 Å². The Kier molecular flexibility index (Phi) is 2.11. The van der Waals surface area contributed by atoms with E-state index in [4.69, 9.17) is 0 Å². The van der Waals surface area contributed by atoms with Crippen molar-refractivity contribution in [3.8, 4) is 0 Å². The van der Waals surface area contributed by atoms with Crippen LogP contribution in [0.15, 0.2) is 39.9 Å². The second-order valence-corrected chi connectivity index (χ2v) is 5.63. The minimum Gasteiger partial charge on any atom is -0.137 e. The summed E-state index contributed by atoms with van der Waals surface area (Å²) in [5.74, 6) is 1.13. The molecule has 1 aliphatic rings. The van der Waals surface area contributed by atoms with E-state index in [0.717, 1.165) is 12.2 Å². The van der Waals surface area contributed by atoms with Crippen molar-refractivity contribution in [3.05, 3.63) is 52.4 Å². The van der Waals surface area contributed by atoms with Crippen LogP contribution >= 0.6 is 23.1 Å². The van der Waals surface area contributed by atoms with E-state index in [0.29, 0.717) is 0 Å². The molecule has 2 aromatic rings. The quantitative estimate of drug-likeness (QED) is 0.645. The van der Waals surface area contributed by atoms with Crippen molar-refractivity contribution in [2.24, 2.45) is 0 Å². The molecule has 1 aromatic carbocycles. The van der Waals surface area contributed by atoms with Crippen molar-refractivity contribution < 1.29 is 0 Å². The lowest BCUT2D eigenvalue weighted by molar-refractivity contribution is 1.15. The number of hydrogen-bond acceptors (Lipinski definition) is 2. The molecular weight excluding hydrogens is 208 g/mol. The molecule has 14 heavy (non-hydrogen) atoms. The van der Waals surface area contributed by atoms with Crippen LogP contribution in [0.5, 0.6) is 0 Å². The zero-order chi connectivity index (χ0) is 9.38. The third-order valence-corrected chi connectivity index (χ3v) is 4.93. The summed E-state index contributed by atoms with van der Waals surface area (Å²) in [5, 5.41) is 2.20. The molecule has 0 atom stereocenters. The van der Waals surface area contributed by atoms with Gasteiger partial charge in [0.25, 0.3) is 0 Å². The van der Waals surface area contributed by atoms with Crippen molar-refractivity contribution in [1.29, 1.82) is 0 Å². The minimum atomic E-state index is 1.11. The predicted molar refractivity (Wildman–Crippen MR) is 63.1 cm³/mol. The maximum Gasteiger partial charge on any atom is 0.0637 e. The molecule has 0 radical (unpaired) electrons. The van der Waals surface area contributed by atoms with Crippen LogP contribution in [-0.4, -0.2) is 0 Å². The van der Waals surface area contributed by atoms with Crippen molar-refractivity contribution in [2.75, 3.05) is 0 Å². The lowest BCUT2D eigenvalue weighted by atomic mass is 10.0. The van der Waals surface area contributed by atoms with Crippen LogP contribution in [0.25, 0.3) is 0 Å². The molecule has 1 aliphatic heterocycles. The Morgan fingerprint density at radius 3 is 2.71 bits per heavy atom. The van der Waals surface area contributed by atoms with Gasteiger partial charge in [0.05, 0.1) is 4.21 Å². The number of rotatable bonds is 0. The summed E-state index contributed by atoms with van der Waals surface area (Å²) < 4.78 is 1.50. The van der Waals surface area contributed by atoms with Crippen LogP contribution in [0.1, 0.15) is 16.7 Å². The highest BCUT2D eigenvalue weighted by molar-refractivity contribution is 8.00. The second kappa shape index (κ2) is 3.44. The molecule has 0 saturated carbocycles. The monoisotopic (exact) mass is 218 g/mol. The van der Waals surface area contributed by atoms with E-state index in [1.807, 2.05) is 23.1 Å².